The molecule has 0 amide bonds. The average Bonchev–Trinajstić information content (AvgIpc) is 3.26. The normalized spacial score (nSPS) is 17.8. The summed E-state index contributed by atoms with van der Waals surface area (Å²) in [5, 5.41) is 0. The molecule has 0 spiro atoms. The third-order valence-electron chi connectivity index (χ3n) is 8.55. The van der Waals surface area contributed by atoms with Crippen molar-refractivity contribution < 1.29 is 4.58 Å². The molecule has 1 saturated heterocycles. The lowest BCUT2D eigenvalue weighted by Crippen LogP contribution is -2.74. The Kier molecular flexibility index (Phi) is 8.88. The highest BCUT2D eigenvalue weighted by Gasteiger charge is 2.32. The summed E-state index contributed by atoms with van der Waals surface area (Å²) in [6.45, 7) is 6.11. The molecule has 38 heavy (non-hydrogen) atoms. The fraction of sp³-hybridized carbons (Fsp3) is 0.286. The van der Waals surface area contributed by atoms with Gasteiger partial charge in [0.15, 0.2) is 0 Å². The number of fused-ring (bicyclic) bond motifs is 1. The lowest BCUT2D eigenvalue weighted by Gasteiger charge is -2.44. The van der Waals surface area contributed by atoms with Crippen molar-refractivity contribution in [2.45, 2.75) is 45.2 Å². The van der Waals surface area contributed by atoms with Crippen molar-refractivity contribution in [3.05, 3.63) is 121 Å². The largest absolute Gasteiger partial charge is 0.246 e. The second kappa shape index (κ2) is 12.9. The van der Waals surface area contributed by atoms with Gasteiger partial charge in [-0.05, 0) is 12.8 Å². The summed E-state index contributed by atoms with van der Waals surface area (Å²) in [5.41, 5.74) is 5.36. The van der Waals surface area contributed by atoms with Crippen LogP contribution in [0.1, 0.15) is 39.0 Å². The lowest BCUT2D eigenvalue weighted by molar-refractivity contribution is -0.600. The molecule has 1 atom stereocenters. The topological polar surface area (TPSA) is 6.25 Å². The first-order chi connectivity index (χ1) is 18.8. The van der Waals surface area contributed by atoms with Crippen LogP contribution < -0.4 is 21.9 Å². The highest BCUT2D eigenvalue weighted by Crippen LogP contribution is 2.18. The summed E-state index contributed by atoms with van der Waals surface area (Å²) in [6, 6.07) is 43.5. The lowest BCUT2D eigenvalue weighted by atomic mass is 9.13. The molecular formula is C35H41BN2. The van der Waals surface area contributed by atoms with Gasteiger partial charge in [-0.25, -0.2) is 9.48 Å². The maximum absolute atomic E-state index is 2.63. The third kappa shape index (κ3) is 5.54. The van der Waals surface area contributed by atoms with Crippen LogP contribution in [0.15, 0.2) is 121 Å². The molecule has 4 aromatic rings. The van der Waals surface area contributed by atoms with Gasteiger partial charge in [-0.3, -0.25) is 0 Å². The summed E-state index contributed by atoms with van der Waals surface area (Å²) in [6.07, 6.45) is 8.80. The predicted molar refractivity (Wildman–Crippen MR) is 165 cm³/mol. The Balaban J connectivity index is 0.000000190. The van der Waals surface area contributed by atoms with Crippen molar-refractivity contribution in [1.82, 2.24) is 4.90 Å². The van der Waals surface area contributed by atoms with Gasteiger partial charge < -0.3 is 0 Å². The SMILES string of the molecule is CCN1CCC[N+]2=CCCCCC12.c1ccc([B-](c2ccccc2)(c2ccccc2)c2ccccc2)cc1. The summed E-state index contributed by atoms with van der Waals surface area (Å²) < 4.78 is 2.58. The Hall–Kier alpha value is -3.43. The van der Waals surface area contributed by atoms with Crippen LogP contribution in [0.4, 0.5) is 0 Å². The van der Waals surface area contributed by atoms with Crippen LogP contribution in [0.25, 0.3) is 0 Å². The number of rotatable bonds is 5. The minimum atomic E-state index is -1.22. The zero-order valence-electron chi connectivity index (χ0n) is 22.8. The van der Waals surface area contributed by atoms with Gasteiger partial charge >= 0.3 is 0 Å². The number of hydrogen-bond acceptors (Lipinski definition) is 1. The van der Waals surface area contributed by atoms with Crippen LogP contribution in [-0.2, 0) is 0 Å². The molecule has 2 nitrogen and oxygen atoms in total. The Morgan fingerprint density at radius 3 is 1.50 bits per heavy atom. The van der Waals surface area contributed by atoms with Crippen LogP contribution in [0.5, 0.6) is 0 Å². The van der Waals surface area contributed by atoms with Gasteiger partial charge in [-0.2, -0.15) is 21.9 Å². The molecule has 1 unspecified atom stereocenters. The monoisotopic (exact) mass is 500 g/mol. The van der Waals surface area contributed by atoms with Crippen molar-refractivity contribution in [2.75, 3.05) is 19.6 Å². The zero-order valence-corrected chi connectivity index (χ0v) is 22.8. The number of hydrogen-bond donors (Lipinski definition) is 0. The number of nitrogens with zero attached hydrogens (tertiary/aromatic N) is 2. The molecule has 0 radical (unpaired) electrons. The molecule has 1 fully saturated rings. The Morgan fingerprint density at radius 2 is 1.08 bits per heavy atom. The van der Waals surface area contributed by atoms with E-state index in [4.69, 9.17) is 0 Å². The molecule has 0 bridgehead atoms. The van der Waals surface area contributed by atoms with Crippen molar-refractivity contribution in [3.63, 3.8) is 0 Å². The summed E-state index contributed by atoms with van der Waals surface area (Å²) in [5.74, 6) is 0. The Bertz CT molecular complexity index is 1110. The Morgan fingerprint density at radius 1 is 0.632 bits per heavy atom. The van der Waals surface area contributed by atoms with E-state index >= 15 is 0 Å². The molecule has 3 heteroatoms. The molecule has 0 aliphatic carbocycles. The molecule has 2 aliphatic heterocycles. The summed E-state index contributed by atoms with van der Waals surface area (Å²) in [4.78, 5) is 2.63. The minimum Gasteiger partial charge on any atom is -0.246 e. The quantitative estimate of drug-likeness (QED) is 0.283. The standard InChI is InChI=1S/C24H20B.C11H21N2/c1-5-13-21(14-6-1)25(22-15-7-2-8-16-22,23-17-9-3-10-18-23)24-19-11-4-12-20-24;1-2-12-9-6-10-13-8-5-3-4-7-11(12)13/h1-20H;8,11H,2-7,9-10H2,1H3/q-1;+1. The van der Waals surface area contributed by atoms with Crippen LogP contribution >= 0.6 is 0 Å². The highest BCUT2D eigenvalue weighted by molar-refractivity contribution is 7.19. The predicted octanol–water partition coefficient (Wildman–Crippen LogP) is 4.76. The zero-order chi connectivity index (χ0) is 26.0. The smallest absolute Gasteiger partial charge is 0.208 e. The average molecular weight is 501 g/mol. The molecule has 2 aliphatic rings. The van der Waals surface area contributed by atoms with E-state index < -0.39 is 6.15 Å². The van der Waals surface area contributed by atoms with Gasteiger partial charge in [0.25, 0.3) is 0 Å². The van der Waals surface area contributed by atoms with E-state index in [1.165, 1.54) is 73.6 Å². The van der Waals surface area contributed by atoms with Crippen LogP contribution in [0, 0.1) is 0 Å². The molecule has 6 rings (SSSR count). The van der Waals surface area contributed by atoms with Gasteiger partial charge in [0, 0.05) is 32.4 Å². The van der Waals surface area contributed by atoms with E-state index in [1.54, 1.807) is 0 Å². The molecule has 2 heterocycles. The minimum absolute atomic E-state index is 0.737. The van der Waals surface area contributed by atoms with Gasteiger partial charge in [-0.15, -0.1) is 0 Å². The van der Waals surface area contributed by atoms with E-state index in [0.717, 1.165) is 6.17 Å². The third-order valence-corrected chi connectivity index (χ3v) is 8.55. The van der Waals surface area contributed by atoms with Gasteiger partial charge in [0.2, 0.25) is 6.17 Å². The van der Waals surface area contributed by atoms with Gasteiger partial charge in [0.1, 0.15) is 18.9 Å². The van der Waals surface area contributed by atoms with Crippen LogP contribution in [-0.4, -0.2) is 47.6 Å². The van der Waals surface area contributed by atoms with Crippen molar-refractivity contribution >= 4 is 34.2 Å². The van der Waals surface area contributed by atoms with Crippen LogP contribution in [0.3, 0.4) is 0 Å². The second-order valence-corrected chi connectivity index (χ2v) is 10.7. The second-order valence-electron chi connectivity index (χ2n) is 10.7. The molecule has 4 aromatic carbocycles. The van der Waals surface area contributed by atoms with Gasteiger partial charge in [-0.1, -0.05) is 128 Å². The maximum atomic E-state index is 2.63. The molecular weight excluding hydrogens is 459 g/mol. The molecule has 194 valence electrons. The highest BCUT2D eigenvalue weighted by atomic mass is 15.3. The maximum Gasteiger partial charge on any atom is 0.208 e. The first kappa shape index (κ1) is 26.2. The van der Waals surface area contributed by atoms with Crippen molar-refractivity contribution in [3.8, 4) is 0 Å². The molecule has 0 aromatic heterocycles. The Labute approximate surface area is 229 Å². The summed E-state index contributed by atoms with van der Waals surface area (Å²) in [7, 11) is 0. The fourth-order valence-corrected chi connectivity index (χ4v) is 6.74. The first-order valence-corrected chi connectivity index (χ1v) is 14.5. The van der Waals surface area contributed by atoms with Crippen molar-refractivity contribution in [1.29, 1.82) is 0 Å². The summed E-state index contributed by atoms with van der Waals surface area (Å²) >= 11 is 0. The fourth-order valence-electron chi connectivity index (χ4n) is 6.74. The van der Waals surface area contributed by atoms with Gasteiger partial charge in [0.05, 0.1) is 0 Å². The molecule has 0 N–H and O–H groups in total. The van der Waals surface area contributed by atoms with E-state index in [9.17, 15) is 0 Å². The molecule has 0 saturated carbocycles. The van der Waals surface area contributed by atoms with E-state index in [1.807, 2.05) is 0 Å². The first-order valence-electron chi connectivity index (χ1n) is 14.5. The van der Waals surface area contributed by atoms with E-state index in [-0.39, 0.29) is 0 Å². The van der Waals surface area contributed by atoms with Crippen LogP contribution in [0.2, 0.25) is 0 Å². The van der Waals surface area contributed by atoms with E-state index in [0.29, 0.717) is 0 Å². The number of benzene rings is 4. The van der Waals surface area contributed by atoms with Crippen molar-refractivity contribution in [2.24, 2.45) is 0 Å². The van der Waals surface area contributed by atoms with E-state index in [2.05, 4.69) is 144 Å².